The summed E-state index contributed by atoms with van der Waals surface area (Å²) in [5, 5.41) is 3.67. The molecule has 0 atom stereocenters. The summed E-state index contributed by atoms with van der Waals surface area (Å²) in [6.07, 6.45) is 4.77. The minimum atomic E-state index is -0.197. The van der Waals surface area contributed by atoms with Crippen molar-refractivity contribution >= 4 is 33.1 Å². The summed E-state index contributed by atoms with van der Waals surface area (Å²) < 4.78 is 5.21. The number of nitrogens with zero attached hydrogens (tertiary/aromatic N) is 1. The molecule has 0 radical (unpaired) electrons. The number of anilines is 1. The number of nitrogen functional groups attached to an aromatic ring is 1. The van der Waals surface area contributed by atoms with Crippen molar-refractivity contribution in [1.82, 2.24) is 10.3 Å². The molecule has 0 fully saturated rings. The van der Waals surface area contributed by atoms with Gasteiger partial charge in [-0.25, -0.2) is 4.98 Å². The third-order valence-electron chi connectivity index (χ3n) is 3.65. The van der Waals surface area contributed by atoms with Gasteiger partial charge in [-0.3, -0.25) is 4.79 Å². The van der Waals surface area contributed by atoms with Crippen LogP contribution >= 0.6 is 11.3 Å². The lowest BCUT2D eigenvalue weighted by atomic mass is 10.1. The molecule has 0 aromatic carbocycles. The highest BCUT2D eigenvalue weighted by molar-refractivity contribution is 7.21. The molecule has 3 aromatic rings. The van der Waals surface area contributed by atoms with E-state index in [1.165, 1.54) is 11.3 Å². The number of aryl methyl sites for hydroxylation is 1. The van der Waals surface area contributed by atoms with Gasteiger partial charge in [0.2, 0.25) is 0 Å². The number of amides is 1. The number of rotatable bonds is 6. The Morgan fingerprint density at radius 1 is 1.39 bits per heavy atom. The van der Waals surface area contributed by atoms with E-state index >= 15 is 0 Å². The molecular formula is C17H19N3O2S. The van der Waals surface area contributed by atoms with Crippen LogP contribution in [0, 0.1) is 0 Å². The van der Waals surface area contributed by atoms with Crippen molar-refractivity contribution in [1.29, 1.82) is 0 Å². The lowest BCUT2D eigenvalue weighted by Crippen LogP contribution is -2.22. The van der Waals surface area contributed by atoms with Gasteiger partial charge in [-0.1, -0.05) is 13.3 Å². The molecule has 0 aliphatic rings. The highest BCUT2D eigenvalue weighted by atomic mass is 32.1. The maximum absolute atomic E-state index is 12.3. The van der Waals surface area contributed by atoms with Crippen LogP contribution in [0.2, 0.25) is 0 Å². The van der Waals surface area contributed by atoms with Crippen LogP contribution in [0.4, 0.5) is 5.69 Å². The Balaban J connectivity index is 1.79. The summed E-state index contributed by atoms with van der Waals surface area (Å²) >= 11 is 1.34. The Morgan fingerprint density at radius 2 is 2.26 bits per heavy atom. The van der Waals surface area contributed by atoms with E-state index in [1.807, 2.05) is 18.2 Å². The molecule has 3 heterocycles. The van der Waals surface area contributed by atoms with Crippen LogP contribution in [0.25, 0.3) is 10.2 Å². The Bertz CT molecular complexity index is 809. The van der Waals surface area contributed by atoms with E-state index in [1.54, 1.807) is 12.3 Å². The predicted molar refractivity (Wildman–Crippen MR) is 92.5 cm³/mol. The van der Waals surface area contributed by atoms with Crippen molar-refractivity contribution < 1.29 is 9.21 Å². The van der Waals surface area contributed by atoms with Gasteiger partial charge >= 0.3 is 0 Å². The normalized spacial score (nSPS) is 11.0. The number of nitrogens with two attached hydrogens (primary N) is 1. The summed E-state index contributed by atoms with van der Waals surface area (Å²) in [6, 6.07) is 7.56. The van der Waals surface area contributed by atoms with Crippen LogP contribution in [-0.2, 0) is 13.0 Å². The second kappa shape index (κ2) is 6.83. The molecule has 0 saturated heterocycles. The molecule has 3 rings (SSSR count). The van der Waals surface area contributed by atoms with Gasteiger partial charge in [0.25, 0.3) is 5.91 Å². The minimum absolute atomic E-state index is 0.197. The number of hydrogen-bond donors (Lipinski definition) is 2. The fourth-order valence-electron chi connectivity index (χ4n) is 2.36. The Hall–Kier alpha value is -2.34. The number of unbranched alkanes of at least 4 members (excludes halogenated alkanes) is 1. The summed E-state index contributed by atoms with van der Waals surface area (Å²) in [5.74, 6) is 0.509. The molecule has 23 heavy (non-hydrogen) atoms. The maximum Gasteiger partial charge on any atom is 0.263 e. The molecular weight excluding hydrogens is 310 g/mol. The quantitative estimate of drug-likeness (QED) is 0.722. The molecule has 6 heteroatoms. The second-order valence-electron chi connectivity index (χ2n) is 5.37. The molecule has 120 valence electrons. The van der Waals surface area contributed by atoms with Crippen LogP contribution in [-0.4, -0.2) is 10.9 Å². The third-order valence-corrected chi connectivity index (χ3v) is 4.76. The van der Waals surface area contributed by atoms with Gasteiger partial charge in [0.15, 0.2) is 0 Å². The predicted octanol–water partition coefficient (Wildman–Crippen LogP) is 3.74. The number of carbonyl (C=O) groups excluding carboxylic acids is 1. The van der Waals surface area contributed by atoms with E-state index in [9.17, 15) is 4.79 Å². The molecule has 3 aromatic heterocycles. The molecule has 0 aliphatic carbocycles. The molecule has 0 unspecified atom stereocenters. The van der Waals surface area contributed by atoms with Gasteiger partial charge in [0.1, 0.15) is 15.5 Å². The third kappa shape index (κ3) is 3.37. The van der Waals surface area contributed by atoms with Gasteiger partial charge in [0, 0.05) is 11.1 Å². The zero-order valence-electron chi connectivity index (χ0n) is 13.0. The number of hydrogen-bond acceptors (Lipinski definition) is 5. The van der Waals surface area contributed by atoms with Crippen LogP contribution in [0.3, 0.4) is 0 Å². The minimum Gasteiger partial charge on any atom is -0.467 e. The molecule has 0 saturated carbocycles. The number of pyridine rings is 1. The first-order chi connectivity index (χ1) is 11.2. The lowest BCUT2D eigenvalue weighted by molar-refractivity contribution is 0.0953. The van der Waals surface area contributed by atoms with Crippen LogP contribution in [0.5, 0.6) is 0 Å². The van der Waals surface area contributed by atoms with Gasteiger partial charge in [-0.05, 0) is 37.1 Å². The van der Waals surface area contributed by atoms with Crippen molar-refractivity contribution in [2.75, 3.05) is 5.73 Å². The van der Waals surface area contributed by atoms with Crippen LogP contribution < -0.4 is 11.1 Å². The number of thiophene rings is 1. The van der Waals surface area contributed by atoms with Crippen LogP contribution in [0.1, 0.15) is 40.9 Å². The van der Waals surface area contributed by atoms with E-state index in [0.29, 0.717) is 22.9 Å². The van der Waals surface area contributed by atoms with E-state index in [0.717, 1.165) is 35.2 Å². The van der Waals surface area contributed by atoms with Crippen molar-refractivity contribution in [2.45, 2.75) is 32.7 Å². The fraction of sp³-hybridized carbons (Fsp3) is 0.294. The first kappa shape index (κ1) is 15.6. The van der Waals surface area contributed by atoms with Gasteiger partial charge < -0.3 is 15.5 Å². The van der Waals surface area contributed by atoms with E-state index in [-0.39, 0.29) is 5.91 Å². The van der Waals surface area contributed by atoms with Crippen LogP contribution in [0.15, 0.2) is 34.9 Å². The second-order valence-corrected chi connectivity index (χ2v) is 6.36. The summed E-state index contributed by atoms with van der Waals surface area (Å²) in [5.41, 5.74) is 7.67. The molecule has 0 aliphatic heterocycles. The standard InChI is InChI=1S/C17H19N3O2S/c1-2-3-5-11-7-8-13-14(18)15(23-17(13)20-11)16(21)19-10-12-6-4-9-22-12/h4,6-9H,2-3,5,10,18H2,1H3,(H,19,21). The average Bonchev–Trinajstić information content (AvgIpc) is 3.19. The number of aromatic nitrogens is 1. The SMILES string of the molecule is CCCCc1ccc2c(N)c(C(=O)NCc3ccco3)sc2n1. The highest BCUT2D eigenvalue weighted by Gasteiger charge is 2.17. The van der Waals surface area contributed by atoms with E-state index in [2.05, 4.69) is 17.2 Å². The molecule has 3 N–H and O–H groups in total. The summed E-state index contributed by atoms with van der Waals surface area (Å²) in [4.78, 5) is 18.3. The molecule has 5 nitrogen and oxygen atoms in total. The smallest absolute Gasteiger partial charge is 0.263 e. The van der Waals surface area contributed by atoms with Crippen molar-refractivity contribution in [3.05, 3.63) is 46.9 Å². The topological polar surface area (TPSA) is 81.2 Å². The highest BCUT2D eigenvalue weighted by Crippen LogP contribution is 2.32. The van der Waals surface area contributed by atoms with Crippen molar-refractivity contribution in [3.8, 4) is 0 Å². The largest absolute Gasteiger partial charge is 0.467 e. The summed E-state index contributed by atoms with van der Waals surface area (Å²) in [7, 11) is 0. The number of carbonyl (C=O) groups is 1. The first-order valence-corrected chi connectivity index (χ1v) is 8.49. The maximum atomic E-state index is 12.3. The Labute approximate surface area is 138 Å². The lowest BCUT2D eigenvalue weighted by Gasteiger charge is -2.01. The fourth-order valence-corrected chi connectivity index (χ4v) is 3.39. The monoisotopic (exact) mass is 329 g/mol. The molecule has 0 spiro atoms. The zero-order chi connectivity index (χ0) is 16.2. The zero-order valence-corrected chi connectivity index (χ0v) is 13.8. The molecule has 0 bridgehead atoms. The van der Waals surface area contributed by atoms with Gasteiger partial charge in [-0.2, -0.15) is 0 Å². The van der Waals surface area contributed by atoms with Crippen molar-refractivity contribution in [3.63, 3.8) is 0 Å². The Morgan fingerprint density at radius 3 is 3.00 bits per heavy atom. The first-order valence-electron chi connectivity index (χ1n) is 7.67. The average molecular weight is 329 g/mol. The van der Waals surface area contributed by atoms with E-state index < -0.39 is 0 Å². The Kier molecular flexibility index (Phi) is 4.62. The number of fused-ring (bicyclic) bond motifs is 1. The number of nitrogens with one attached hydrogen (secondary N) is 1. The van der Waals surface area contributed by atoms with Gasteiger partial charge in [0.05, 0.1) is 18.5 Å². The molecule has 1 amide bonds. The van der Waals surface area contributed by atoms with Crippen molar-refractivity contribution in [2.24, 2.45) is 0 Å². The number of furan rings is 1. The van der Waals surface area contributed by atoms with Gasteiger partial charge in [-0.15, -0.1) is 11.3 Å². The summed E-state index contributed by atoms with van der Waals surface area (Å²) in [6.45, 7) is 2.50. The van der Waals surface area contributed by atoms with E-state index in [4.69, 9.17) is 10.2 Å².